The molecule has 0 aliphatic carbocycles. The molecule has 4 heterocycles. The fourth-order valence-corrected chi connectivity index (χ4v) is 6.78. The van der Waals surface area contributed by atoms with Crippen LogP contribution in [0.3, 0.4) is 0 Å². The number of hydrogen-bond acceptors (Lipinski definition) is 7. The van der Waals surface area contributed by atoms with E-state index in [9.17, 15) is 23.1 Å². The third kappa shape index (κ3) is 5.20. The van der Waals surface area contributed by atoms with Crippen molar-refractivity contribution >= 4 is 17.3 Å². The van der Waals surface area contributed by atoms with Crippen LogP contribution in [0.4, 0.5) is 13.2 Å². The molecule has 0 amide bonds. The Morgan fingerprint density at radius 2 is 2.14 bits per heavy atom. The third-order valence-corrected chi connectivity index (χ3v) is 8.69. The van der Waals surface area contributed by atoms with Crippen molar-refractivity contribution in [2.75, 3.05) is 19.8 Å². The second-order valence-corrected chi connectivity index (χ2v) is 11.4. The summed E-state index contributed by atoms with van der Waals surface area (Å²) in [6.45, 7) is 9.27. The molecule has 0 unspecified atom stereocenters. The first-order valence-corrected chi connectivity index (χ1v) is 13.1. The molecule has 1 spiro atoms. The van der Waals surface area contributed by atoms with Gasteiger partial charge in [0, 0.05) is 41.3 Å². The van der Waals surface area contributed by atoms with Gasteiger partial charge in [-0.3, -0.25) is 14.4 Å². The molecule has 7 nitrogen and oxygen atoms in total. The van der Waals surface area contributed by atoms with E-state index in [4.69, 9.17) is 9.47 Å². The molecule has 0 radical (unpaired) electrons. The summed E-state index contributed by atoms with van der Waals surface area (Å²) in [6, 6.07) is 0.0676. The predicted octanol–water partition coefficient (Wildman–Crippen LogP) is 4.50. The lowest BCUT2D eigenvalue weighted by atomic mass is 9.81. The molecule has 1 N–H and O–H groups in total. The minimum Gasteiger partial charge on any atom is -0.466 e. The lowest BCUT2D eigenvalue weighted by Gasteiger charge is -2.47. The fourth-order valence-electron chi connectivity index (χ4n) is 5.37. The van der Waals surface area contributed by atoms with Crippen LogP contribution in [0, 0.1) is 5.41 Å². The van der Waals surface area contributed by atoms with Gasteiger partial charge in [0.15, 0.2) is 0 Å². The molecular formula is C25H34F3N3O4S. The number of aromatic nitrogens is 2. The number of halogens is 3. The van der Waals surface area contributed by atoms with Gasteiger partial charge in [0.2, 0.25) is 0 Å². The third-order valence-electron chi connectivity index (χ3n) is 7.19. The lowest BCUT2D eigenvalue weighted by molar-refractivity contribution is -0.154. The van der Waals surface area contributed by atoms with Crippen LogP contribution < -0.4 is 0 Å². The largest absolute Gasteiger partial charge is 0.466 e. The Morgan fingerprint density at radius 1 is 1.39 bits per heavy atom. The van der Waals surface area contributed by atoms with E-state index in [1.165, 1.54) is 0 Å². The maximum absolute atomic E-state index is 13.7. The summed E-state index contributed by atoms with van der Waals surface area (Å²) in [5.74, 6) is -0.268. The molecule has 0 bridgehead atoms. The van der Waals surface area contributed by atoms with Crippen molar-refractivity contribution in [2.24, 2.45) is 5.41 Å². The van der Waals surface area contributed by atoms with Gasteiger partial charge in [0.25, 0.3) is 0 Å². The highest BCUT2D eigenvalue weighted by molar-refractivity contribution is 7.12. The summed E-state index contributed by atoms with van der Waals surface area (Å²) in [5.41, 5.74) is 0.172. The normalized spacial score (nSPS) is 23.2. The number of thiophene rings is 1. The Balaban J connectivity index is 1.47. The minimum atomic E-state index is -4.49. The Hall–Kier alpha value is -1.95. The van der Waals surface area contributed by atoms with Crippen molar-refractivity contribution in [2.45, 2.75) is 84.5 Å². The number of carbonyl (C=O) groups excluding carboxylic acids is 1. The maximum atomic E-state index is 13.7. The summed E-state index contributed by atoms with van der Waals surface area (Å²) in [6.07, 6.45) is 0.768. The van der Waals surface area contributed by atoms with Crippen LogP contribution in [-0.4, -0.2) is 51.6 Å². The van der Waals surface area contributed by atoms with E-state index >= 15 is 0 Å². The topological polar surface area (TPSA) is 76.8 Å². The molecule has 36 heavy (non-hydrogen) atoms. The lowest BCUT2D eigenvalue weighted by Crippen LogP contribution is -2.50. The molecule has 2 aromatic rings. The van der Waals surface area contributed by atoms with Gasteiger partial charge in [-0.05, 0) is 52.5 Å². The van der Waals surface area contributed by atoms with Crippen molar-refractivity contribution in [1.82, 2.24) is 14.7 Å². The van der Waals surface area contributed by atoms with Crippen LogP contribution in [0.25, 0.3) is 0 Å². The van der Waals surface area contributed by atoms with Crippen LogP contribution in [0.5, 0.6) is 0 Å². The van der Waals surface area contributed by atoms with Crippen molar-refractivity contribution in [3.63, 3.8) is 0 Å². The fraction of sp³-hybridized carbons (Fsp3) is 0.680. The van der Waals surface area contributed by atoms with Gasteiger partial charge in [-0.1, -0.05) is 0 Å². The zero-order chi connectivity index (χ0) is 26.3. The van der Waals surface area contributed by atoms with E-state index in [1.54, 1.807) is 17.8 Å². The summed E-state index contributed by atoms with van der Waals surface area (Å²) < 4.78 is 54.1. The molecule has 11 heteroatoms. The number of rotatable bonds is 7. The second-order valence-electron chi connectivity index (χ2n) is 10.4. The zero-order valence-corrected chi connectivity index (χ0v) is 22.0. The number of aliphatic hydroxyl groups is 1. The van der Waals surface area contributed by atoms with Gasteiger partial charge in [-0.15, -0.1) is 11.3 Å². The summed E-state index contributed by atoms with van der Waals surface area (Å²) in [7, 11) is 0. The van der Waals surface area contributed by atoms with Gasteiger partial charge in [-0.25, -0.2) is 0 Å². The van der Waals surface area contributed by atoms with Gasteiger partial charge in [-0.2, -0.15) is 18.3 Å². The number of carbonyl (C=O) groups is 1. The number of fused-ring (bicyclic) bond motifs is 2. The highest BCUT2D eigenvalue weighted by Crippen LogP contribution is 2.51. The van der Waals surface area contributed by atoms with Crippen LogP contribution in [0.15, 0.2) is 12.4 Å². The van der Waals surface area contributed by atoms with Crippen molar-refractivity contribution in [3.05, 3.63) is 38.8 Å². The van der Waals surface area contributed by atoms with Gasteiger partial charge in [0.1, 0.15) is 10.5 Å². The van der Waals surface area contributed by atoms with Gasteiger partial charge >= 0.3 is 12.1 Å². The summed E-state index contributed by atoms with van der Waals surface area (Å²) in [4.78, 5) is 14.4. The second kappa shape index (κ2) is 10.1. The van der Waals surface area contributed by atoms with E-state index < -0.39 is 28.7 Å². The number of nitrogens with zero attached hydrogens (tertiary/aromatic N) is 3. The Bertz CT molecular complexity index is 1100. The number of aliphatic hydroxyl groups excluding tert-OH is 1. The minimum absolute atomic E-state index is 0.0124. The number of piperidine rings is 1. The highest BCUT2D eigenvalue weighted by Gasteiger charge is 2.48. The average Bonchev–Trinajstić information content (AvgIpc) is 3.40. The number of hydrogen-bond donors (Lipinski definition) is 1. The predicted molar refractivity (Wildman–Crippen MR) is 128 cm³/mol. The number of alkyl halides is 3. The first kappa shape index (κ1) is 27.1. The molecule has 2 atom stereocenters. The maximum Gasteiger partial charge on any atom is 0.425 e. The molecule has 2 aliphatic heterocycles. The van der Waals surface area contributed by atoms with Gasteiger partial charge in [0.05, 0.1) is 38.0 Å². The smallest absolute Gasteiger partial charge is 0.425 e. The molecule has 2 aliphatic rings. The van der Waals surface area contributed by atoms with E-state index in [2.05, 4.69) is 16.9 Å². The Morgan fingerprint density at radius 3 is 2.78 bits per heavy atom. The van der Waals surface area contributed by atoms with E-state index in [-0.39, 0.29) is 17.6 Å². The molecule has 0 saturated carbocycles. The Labute approximate surface area is 213 Å². The van der Waals surface area contributed by atoms with Crippen LogP contribution in [0.1, 0.15) is 67.0 Å². The number of ether oxygens (including phenoxy) is 2. The quantitative estimate of drug-likeness (QED) is 0.533. The van der Waals surface area contributed by atoms with Crippen molar-refractivity contribution < 1.29 is 32.5 Å². The summed E-state index contributed by atoms with van der Waals surface area (Å²) >= 11 is 0.741. The molecule has 2 aromatic heterocycles. The van der Waals surface area contributed by atoms with Crippen LogP contribution >= 0.6 is 11.3 Å². The van der Waals surface area contributed by atoms with Crippen LogP contribution in [0.2, 0.25) is 0 Å². The molecular weight excluding hydrogens is 495 g/mol. The molecule has 1 fully saturated rings. The number of likely N-dealkylation sites (tertiary alicyclic amines) is 1. The molecule has 1 saturated heterocycles. The molecule has 200 valence electrons. The molecule has 4 rings (SSSR count). The first-order valence-electron chi connectivity index (χ1n) is 12.3. The summed E-state index contributed by atoms with van der Waals surface area (Å²) in [5, 5.41) is 14.1. The Kier molecular flexibility index (Phi) is 7.58. The standard InChI is InChI=1S/C25H34F3N3O4S/c1-5-34-22(33)23(3,4)15-31-13-17(11-29-31)12-30-8-7-24(10-16(30)2)20-18(6-9-35-24)19(14-32)21(36-20)25(26,27)28/h11,13,16,32H,5-10,12,14-15H2,1-4H3/t16-,24+/m0/s1. The first-order chi connectivity index (χ1) is 16.9. The van der Waals surface area contributed by atoms with E-state index in [1.807, 2.05) is 20.0 Å². The highest BCUT2D eigenvalue weighted by atomic mass is 32.1. The number of esters is 1. The van der Waals surface area contributed by atoms with E-state index in [0.717, 1.165) is 16.9 Å². The van der Waals surface area contributed by atoms with Crippen molar-refractivity contribution in [1.29, 1.82) is 0 Å². The van der Waals surface area contributed by atoms with E-state index in [0.29, 0.717) is 62.6 Å². The molecule has 0 aromatic carbocycles. The monoisotopic (exact) mass is 529 g/mol. The van der Waals surface area contributed by atoms with Gasteiger partial charge < -0.3 is 14.6 Å². The SMILES string of the molecule is CCOC(=O)C(C)(C)Cn1cc(CN2CC[C@]3(C[C@@H]2C)OCCc2c3sc(C(F)(F)F)c2CO)cn1. The van der Waals surface area contributed by atoms with Crippen molar-refractivity contribution in [3.8, 4) is 0 Å². The van der Waals surface area contributed by atoms with Crippen LogP contribution in [-0.2, 0) is 52.2 Å². The zero-order valence-electron chi connectivity index (χ0n) is 21.2. The average molecular weight is 530 g/mol.